The number of aromatic nitrogens is 1. The molecule has 1 aromatic heterocycles. The van der Waals surface area contributed by atoms with Crippen molar-refractivity contribution in [3.63, 3.8) is 0 Å². The molecule has 1 unspecified atom stereocenters. The van der Waals surface area contributed by atoms with Crippen molar-refractivity contribution in [3.8, 4) is 5.88 Å². The van der Waals surface area contributed by atoms with Gasteiger partial charge in [0.05, 0.1) is 21.9 Å². The lowest BCUT2D eigenvalue weighted by atomic mass is 9.98. The number of benzene rings is 3. The van der Waals surface area contributed by atoms with Crippen LogP contribution in [0.2, 0.25) is 0 Å². The summed E-state index contributed by atoms with van der Waals surface area (Å²) in [4.78, 5) is 30.5. The zero-order chi connectivity index (χ0) is 23.7. The molecule has 1 aliphatic heterocycles. The average Bonchev–Trinajstić information content (AvgIpc) is 3.40. The molecular formula is C26H22N4O4. The first kappa shape index (κ1) is 21.4. The van der Waals surface area contributed by atoms with E-state index in [9.17, 15) is 20.0 Å². The van der Waals surface area contributed by atoms with Gasteiger partial charge in [0.1, 0.15) is 0 Å². The summed E-state index contributed by atoms with van der Waals surface area (Å²) in [6.07, 6.45) is 1.51. The Morgan fingerprint density at radius 3 is 2.53 bits per heavy atom. The summed E-state index contributed by atoms with van der Waals surface area (Å²) in [7, 11) is 0. The summed E-state index contributed by atoms with van der Waals surface area (Å²) in [5.41, 5.74) is 3.87. The van der Waals surface area contributed by atoms with Gasteiger partial charge in [-0.15, -0.1) is 0 Å². The minimum Gasteiger partial charge on any atom is -0.494 e. The number of hydrogen-bond acceptors (Lipinski definition) is 5. The Balaban J connectivity index is 1.58. The monoisotopic (exact) mass is 454 g/mol. The quantitative estimate of drug-likeness (QED) is 0.223. The maximum absolute atomic E-state index is 11.9. The molecule has 1 aliphatic rings. The fraction of sp³-hybridized carbons (Fsp3) is 0.154. The van der Waals surface area contributed by atoms with E-state index in [4.69, 9.17) is 4.99 Å². The van der Waals surface area contributed by atoms with Gasteiger partial charge in [0.25, 0.3) is 5.69 Å². The Hall–Kier alpha value is -4.46. The van der Waals surface area contributed by atoms with E-state index in [0.717, 1.165) is 24.1 Å². The number of nitrogens with one attached hydrogen (secondary N) is 2. The van der Waals surface area contributed by atoms with Gasteiger partial charge in [0, 0.05) is 41.1 Å². The number of aromatic hydroxyl groups is 1. The van der Waals surface area contributed by atoms with Gasteiger partial charge < -0.3 is 15.4 Å². The van der Waals surface area contributed by atoms with E-state index in [1.54, 1.807) is 6.07 Å². The summed E-state index contributed by atoms with van der Waals surface area (Å²) < 4.78 is 0. The van der Waals surface area contributed by atoms with Crippen molar-refractivity contribution in [3.05, 3.63) is 99.6 Å². The van der Waals surface area contributed by atoms with Crippen molar-refractivity contribution in [1.82, 2.24) is 10.3 Å². The lowest BCUT2D eigenvalue weighted by Gasteiger charge is -2.09. The third-order valence-corrected chi connectivity index (χ3v) is 6.08. The molecule has 5 rings (SSSR count). The van der Waals surface area contributed by atoms with Crippen LogP contribution in [0.4, 0.5) is 11.4 Å². The third kappa shape index (κ3) is 4.13. The molecule has 0 aliphatic carbocycles. The zero-order valence-electron chi connectivity index (χ0n) is 18.2. The van der Waals surface area contributed by atoms with Crippen LogP contribution in [-0.4, -0.2) is 33.2 Å². The van der Waals surface area contributed by atoms with E-state index in [2.05, 4.69) is 10.3 Å². The topological polar surface area (TPSA) is 121 Å². The number of aromatic amines is 1. The van der Waals surface area contributed by atoms with Crippen LogP contribution in [0, 0.1) is 16.0 Å². The summed E-state index contributed by atoms with van der Waals surface area (Å²) in [5, 5.41) is 25.5. The van der Waals surface area contributed by atoms with Crippen LogP contribution in [0.15, 0.2) is 77.8 Å². The fourth-order valence-electron chi connectivity index (χ4n) is 4.34. The van der Waals surface area contributed by atoms with Gasteiger partial charge in [-0.2, -0.15) is 0 Å². The van der Waals surface area contributed by atoms with Crippen molar-refractivity contribution >= 4 is 33.9 Å². The summed E-state index contributed by atoms with van der Waals surface area (Å²) in [6.45, 7) is 0.721. The van der Waals surface area contributed by atoms with E-state index in [1.165, 1.54) is 12.1 Å². The van der Waals surface area contributed by atoms with Gasteiger partial charge in [-0.25, -0.2) is 4.99 Å². The number of carbonyl (C=O) groups excluding carboxylic acids is 1. The SMILES string of the molecule is O=C1NCCC1Cc1ccc(N=C(c2ccccc2)c2c(O)[nH]c3ccc([N+](=O)[O-])cc23)cc1. The highest BCUT2D eigenvalue weighted by molar-refractivity contribution is 6.22. The first-order valence-electron chi connectivity index (χ1n) is 11.0. The molecule has 0 bridgehead atoms. The standard InChI is InChI=1S/C26H22N4O4/c31-25-18(12-13-27-25)14-16-6-8-19(9-7-16)28-24(17-4-2-1-3-5-17)23-21-15-20(30(33)34)10-11-22(21)29-26(23)32/h1-11,15,18,29,32H,12-14H2,(H,27,31). The number of aliphatic imine (C=N–C) groups is 1. The molecule has 8 nitrogen and oxygen atoms in total. The van der Waals surface area contributed by atoms with Crippen molar-refractivity contribution < 1.29 is 14.8 Å². The molecule has 8 heteroatoms. The predicted molar refractivity (Wildman–Crippen MR) is 130 cm³/mol. The van der Waals surface area contributed by atoms with Crippen molar-refractivity contribution in [2.45, 2.75) is 12.8 Å². The van der Waals surface area contributed by atoms with Gasteiger partial charge in [-0.3, -0.25) is 14.9 Å². The molecule has 0 saturated carbocycles. The lowest BCUT2D eigenvalue weighted by Crippen LogP contribution is -2.20. The zero-order valence-corrected chi connectivity index (χ0v) is 18.2. The van der Waals surface area contributed by atoms with Crippen molar-refractivity contribution in [2.24, 2.45) is 10.9 Å². The van der Waals surface area contributed by atoms with E-state index in [1.807, 2.05) is 54.6 Å². The highest BCUT2D eigenvalue weighted by atomic mass is 16.6. The molecule has 1 saturated heterocycles. The maximum atomic E-state index is 11.9. The number of hydrogen-bond donors (Lipinski definition) is 3. The van der Waals surface area contributed by atoms with Crippen LogP contribution < -0.4 is 5.32 Å². The summed E-state index contributed by atoms with van der Waals surface area (Å²) in [5.74, 6) is -0.0208. The average molecular weight is 454 g/mol. The Labute approximate surface area is 195 Å². The first-order valence-corrected chi connectivity index (χ1v) is 11.0. The van der Waals surface area contributed by atoms with Gasteiger partial charge >= 0.3 is 0 Å². The molecule has 1 fully saturated rings. The molecule has 1 amide bonds. The molecule has 3 N–H and O–H groups in total. The second-order valence-corrected chi connectivity index (χ2v) is 8.31. The van der Waals surface area contributed by atoms with Crippen LogP contribution in [0.5, 0.6) is 5.88 Å². The van der Waals surface area contributed by atoms with Crippen molar-refractivity contribution in [1.29, 1.82) is 0 Å². The highest BCUT2D eigenvalue weighted by Crippen LogP contribution is 2.33. The fourth-order valence-corrected chi connectivity index (χ4v) is 4.34. The number of non-ortho nitro benzene ring substituents is 1. The summed E-state index contributed by atoms with van der Waals surface area (Å²) >= 11 is 0. The van der Waals surface area contributed by atoms with Gasteiger partial charge in [-0.05, 0) is 36.6 Å². The number of nitro groups is 1. The Morgan fingerprint density at radius 2 is 1.85 bits per heavy atom. The van der Waals surface area contributed by atoms with E-state index < -0.39 is 4.92 Å². The molecule has 3 aromatic carbocycles. The lowest BCUT2D eigenvalue weighted by molar-refractivity contribution is -0.384. The molecule has 2 heterocycles. The Bertz CT molecular complexity index is 1410. The van der Waals surface area contributed by atoms with Crippen LogP contribution in [0.25, 0.3) is 10.9 Å². The van der Waals surface area contributed by atoms with Crippen LogP contribution in [0.1, 0.15) is 23.1 Å². The predicted octanol–water partition coefficient (Wildman–Crippen LogP) is 4.63. The highest BCUT2D eigenvalue weighted by Gasteiger charge is 2.24. The minimum atomic E-state index is -0.462. The van der Waals surface area contributed by atoms with E-state index in [0.29, 0.717) is 34.3 Å². The molecule has 1 atom stereocenters. The van der Waals surface area contributed by atoms with Gasteiger partial charge in [-0.1, -0.05) is 42.5 Å². The number of amides is 1. The largest absolute Gasteiger partial charge is 0.494 e. The molecule has 34 heavy (non-hydrogen) atoms. The van der Waals surface area contributed by atoms with Crippen LogP contribution in [-0.2, 0) is 11.2 Å². The maximum Gasteiger partial charge on any atom is 0.270 e. The second-order valence-electron chi connectivity index (χ2n) is 8.31. The van der Waals surface area contributed by atoms with Crippen molar-refractivity contribution in [2.75, 3.05) is 6.54 Å². The molecular weight excluding hydrogens is 432 g/mol. The number of carbonyl (C=O) groups is 1. The normalized spacial score (nSPS) is 16.1. The molecule has 0 spiro atoms. The van der Waals surface area contributed by atoms with Crippen LogP contribution in [0.3, 0.4) is 0 Å². The number of nitro benzene ring substituents is 1. The Kier molecular flexibility index (Phi) is 5.55. The molecule has 4 aromatic rings. The van der Waals surface area contributed by atoms with Crippen LogP contribution >= 0.6 is 0 Å². The minimum absolute atomic E-state index is 0.00631. The second kappa shape index (κ2) is 8.82. The van der Waals surface area contributed by atoms with Gasteiger partial charge in [0.2, 0.25) is 5.91 Å². The summed E-state index contributed by atoms with van der Waals surface area (Å²) in [6, 6.07) is 21.4. The Morgan fingerprint density at radius 1 is 1.09 bits per heavy atom. The number of H-pyrrole nitrogens is 1. The third-order valence-electron chi connectivity index (χ3n) is 6.08. The molecule has 0 radical (unpaired) electrons. The van der Waals surface area contributed by atoms with Gasteiger partial charge in [0.15, 0.2) is 5.88 Å². The number of nitrogens with zero attached hydrogens (tertiary/aromatic N) is 2. The number of rotatable bonds is 6. The smallest absolute Gasteiger partial charge is 0.270 e. The number of fused-ring (bicyclic) bond motifs is 1. The molecule has 170 valence electrons. The van der Waals surface area contributed by atoms with E-state index >= 15 is 0 Å². The van der Waals surface area contributed by atoms with E-state index in [-0.39, 0.29) is 23.4 Å². The first-order chi connectivity index (χ1) is 16.5.